The van der Waals surface area contributed by atoms with Crippen LogP contribution >= 0.6 is 0 Å². The summed E-state index contributed by atoms with van der Waals surface area (Å²) >= 11 is 0. The molecular formula is C16H29NO. The second-order valence-corrected chi connectivity index (χ2v) is 6.24. The highest BCUT2D eigenvalue weighted by atomic mass is 16.1. The molecule has 0 radical (unpaired) electrons. The van der Waals surface area contributed by atoms with Gasteiger partial charge in [0.15, 0.2) is 0 Å². The molecule has 2 nitrogen and oxygen atoms in total. The molecule has 2 aliphatic carbocycles. The van der Waals surface area contributed by atoms with E-state index >= 15 is 0 Å². The highest BCUT2D eigenvalue weighted by Crippen LogP contribution is 2.23. The normalized spacial score (nSPS) is 24.9. The van der Waals surface area contributed by atoms with E-state index in [1.165, 1.54) is 70.6 Å². The molecule has 0 heterocycles. The minimum atomic E-state index is 0.313. The third-order valence-electron chi connectivity index (χ3n) is 4.68. The Morgan fingerprint density at radius 1 is 0.667 bits per heavy atom. The first-order valence-corrected chi connectivity index (χ1v) is 8.16. The molecule has 2 saturated carbocycles. The summed E-state index contributed by atoms with van der Waals surface area (Å²) in [7, 11) is 0. The first-order chi connectivity index (χ1) is 8.86. The van der Waals surface area contributed by atoms with E-state index in [9.17, 15) is 4.79 Å². The molecule has 0 bridgehead atoms. The van der Waals surface area contributed by atoms with Gasteiger partial charge in [-0.1, -0.05) is 57.8 Å². The smallest absolute Gasteiger partial charge is 0.223 e. The Morgan fingerprint density at radius 2 is 1.11 bits per heavy atom. The molecule has 0 aromatic heterocycles. The van der Waals surface area contributed by atoms with Gasteiger partial charge in [-0.2, -0.15) is 0 Å². The third-order valence-corrected chi connectivity index (χ3v) is 4.68. The minimum Gasteiger partial charge on any atom is -0.353 e. The fourth-order valence-corrected chi connectivity index (χ4v) is 3.46. The molecule has 0 saturated heterocycles. The number of amides is 1. The van der Waals surface area contributed by atoms with Crippen molar-refractivity contribution in [2.45, 2.75) is 89.5 Å². The molecule has 2 heteroatoms. The summed E-state index contributed by atoms with van der Waals surface area (Å²) < 4.78 is 0. The largest absolute Gasteiger partial charge is 0.353 e. The zero-order valence-corrected chi connectivity index (χ0v) is 11.8. The molecule has 0 aromatic carbocycles. The second-order valence-electron chi connectivity index (χ2n) is 6.24. The monoisotopic (exact) mass is 251 g/mol. The summed E-state index contributed by atoms with van der Waals surface area (Å²) in [6.07, 6.45) is 16.5. The van der Waals surface area contributed by atoms with E-state index in [0.717, 1.165) is 12.8 Å². The molecule has 0 unspecified atom stereocenters. The second kappa shape index (κ2) is 7.81. The maximum absolute atomic E-state index is 12.3. The maximum Gasteiger partial charge on any atom is 0.223 e. The van der Waals surface area contributed by atoms with Gasteiger partial charge in [0.2, 0.25) is 5.91 Å². The van der Waals surface area contributed by atoms with Crippen molar-refractivity contribution in [2.24, 2.45) is 5.92 Å². The molecule has 0 spiro atoms. The van der Waals surface area contributed by atoms with Gasteiger partial charge < -0.3 is 5.32 Å². The quantitative estimate of drug-likeness (QED) is 0.733. The summed E-state index contributed by atoms with van der Waals surface area (Å²) in [6, 6.07) is 0.477. The summed E-state index contributed by atoms with van der Waals surface area (Å²) in [5.74, 6) is 0.678. The van der Waals surface area contributed by atoms with Crippen LogP contribution in [0.3, 0.4) is 0 Å². The van der Waals surface area contributed by atoms with Crippen LogP contribution in [-0.2, 0) is 4.79 Å². The lowest BCUT2D eigenvalue weighted by molar-refractivity contribution is -0.126. The molecule has 0 aromatic rings. The fraction of sp³-hybridized carbons (Fsp3) is 0.938. The Labute approximate surface area is 112 Å². The van der Waals surface area contributed by atoms with Crippen molar-refractivity contribution in [3.8, 4) is 0 Å². The first kappa shape index (κ1) is 13.9. The maximum atomic E-state index is 12.3. The average Bonchev–Trinajstić information content (AvgIpc) is 2.57. The van der Waals surface area contributed by atoms with E-state index in [4.69, 9.17) is 0 Å². The zero-order valence-electron chi connectivity index (χ0n) is 11.8. The lowest BCUT2D eigenvalue weighted by Gasteiger charge is -2.23. The number of hydrogen-bond acceptors (Lipinski definition) is 1. The number of rotatable bonds is 2. The zero-order chi connectivity index (χ0) is 12.6. The van der Waals surface area contributed by atoms with Crippen LogP contribution in [0.15, 0.2) is 0 Å². The molecule has 104 valence electrons. The van der Waals surface area contributed by atoms with Crippen LogP contribution in [0.5, 0.6) is 0 Å². The van der Waals surface area contributed by atoms with Crippen molar-refractivity contribution in [3.05, 3.63) is 0 Å². The Hall–Kier alpha value is -0.530. The lowest BCUT2D eigenvalue weighted by atomic mass is 9.90. The van der Waals surface area contributed by atoms with Gasteiger partial charge in [-0.3, -0.25) is 4.79 Å². The van der Waals surface area contributed by atoms with E-state index in [-0.39, 0.29) is 0 Å². The van der Waals surface area contributed by atoms with Gasteiger partial charge in [-0.25, -0.2) is 0 Å². The average molecular weight is 251 g/mol. The van der Waals surface area contributed by atoms with Gasteiger partial charge in [-0.15, -0.1) is 0 Å². The Bertz CT molecular complexity index is 235. The van der Waals surface area contributed by atoms with Crippen LogP contribution in [-0.4, -0.2) is 11.9 Å². The van der Waals surface area contributed by atoms with Crippen LogP contribution in [0.1, 0.15) is 83.5 Å². The van der Waals surface area contributed by atoms with Gasteiger partial charge in [0.05, 0.1) is 0 Å². The van der Waals surface area contributed by atoms with Gasteiger partial charge in [0.25, 0.3) is 0 Å². The van der Waals surface area contributed by atoms with Crippen molar-refractivity contribution in [3.63, 3.8) is 0 Å². The number of carbonyl (C=O) groups excluding carboxylic acids is 1. The summed E-state index contributed by atoms with van der Waals surface area (Å²) in [5, 5.41) is 3.34. The van der Waals surface area contributed by atoms with Crippen molar-refractivity contribution in [1.82, 2.24) is 5.32 Å². The van der Waals surface area contributed by atoms with Gasteiger partial charge >= 0.3 is 0 Å². The number of carbonyl (C=O) groups is 1. The van der Waals surface area contributed by atoms with Crippen molar-refractivity contribution >= 4 is 5.91 Å². The van der Waals surface area contributed by atoms with Crippen molar-refractivity contribution < 1.29 is 4.79 Å². The standard InChI is InChI=1S/C16H29NO/c18-16(14-10-6-2-1-3-7-11-14)17-15-12-8-4-5-9-13-15/h14-15H,1-13H2,(H,17,18). The predicted octanol–water partition coefficient (Wildman–Crippen LogP) is 4.19. The fourth-order valence-electron chi connectivity index (χ4n) is 3.46. The molecule has 2 fully saturated rings. The highest BCUT2D eigenvalue weighted by Gasteiger charge is 2.22. The molecule has 18 heavy (non-hydrogen) atoms. The van der Waals surface area contributed by atoms with Gasteiger partial charge in [0.1, 0.15) is 0 Å². The van der Waals surface area contributed by atoms with Crippen LogP contribution in [0.2, 0.25) is 0 Å². The predicted molar refractivity (Wildman–Crippen MR) is 75.4 cm³/mol. The summed E-state index contributed by atoms with van der Waals surface area (Å²) in [5.41, 5.74) is 0. The van der Waals surface area contributed by atoms with Crippen LogP contribution in [0.4, 0.5) is 0 Å². The topological polar surface area (TPSA) is 29.1 Å². The SMILES string of the molecule is O=C(NC1CCCCCC1)C1CCCCCCC1. The minimum absolute atomic E-state index is 0.313. The van der Waals surface area contributed by atoms with Crippen LogP contribution < -0.4 is 5.32 Å². The molecule has 0 atom stereocenters. The van der Waals surface area contributed by atoms with E-state index in [1.807, 2.05) is 0 Å². The molecule has 1 N–H and O–H groups in total. The van der Waals surface area contributed by atoms with Crippen LogP contribution in [0, 0.1) is 5.92 Å². The van der Waals surface area contributed by atoms with Crippen molar-refractivity contribution in [1.29, 1.82) is 0 Å². The number of hydrogen-bond donors (Lipinski definition) is 1. The van der Waals surface area contributed by atoms with E-state index < -0.39 is 0 Å². The third kappa shape index (κ3) is 4.62. The Balaban J connectivity index is 1.77. The summed E-state index contributed by atoms with van der Waals surface area (Å²) in [6.45, 7) is 0. The number of nitrogens with one attached hydrogen (secondary N) is 1. The van der Waals surface area contributed by atoms with Gasteiger partial charge in [0, 0.05) is 12.0 Å². The first-order valence-electron chi connectivity index (χ1n) is 8.16. The molecular weight excluding hydrogens is 222 g/mol. The highest BCUT2D eigenvalue weighted by molar-refractivity contribution is 5.78. The molecule has 0 aliphatic heterocycles. The van der Waals surface area contributed by atoms with E-state index in [1.54, 1.807) is 0 Å². The molecule has 2 aliphatic rings. The Morgan fingerprint density at radius 3 is 1.67 bits per heavy atom. The summed E-state index contributed by atoms with van der Waals surface area (Å²) in [4.78, 5) is 12.3. The molecule has 1 amide bonds. The Kier molecular flexibility index (Phi) is 6.02. The van der Waals surface area contributed by atoms with Crippen LogP contribution in [0.25, 0.3) is 0 Å². The van der Waals surface area contributed by atoms with Crippen molar-refractivity contribution in [2.75, 3.05) is 0 Å². The van der Waals surface area contributed by atoms with Gasteiger partial charge in [-0.05, 0) is 25.7 Å². The van der Waals surface area contributed by atoms with E-state index in [2.05, 4.69) is 5.32 Å². The molecule has 2 rings (SSSR count). The van der Waals surface area contributed by atoms with E-state index in [0.29, 0.717) is 17.9 Å². The lowest BCUT2D eigenvalue weighted by Crippen LogP contribution is -2.38.